The molecule has 0 saturated carbocycles. The number of imide groups is 1. The third-order valence-corrected chi connectivity index (χ3v) is 3.15. The molecule has 0 aromatic heterocycles. The summed E-state index contributed by atoms with van der Waals surface area (Å²) in [6, 6.07) is 4.36. The van der Waals surface area contributed by atoms with Crippen LogP contribution in [0, 0.1) is 0 Å². The number of nitrogens with one attached hydrogen (secondary N) is 1. The highest BCUT2D eigenvalue weighted by Crippen LogP contribution is 2.22. The van der Waals surface area contributed by atoms with Crippen LogP contribution in [0.25, 0.3) is 0 Å². The zero-order valence-corrected chi connectivity index (χ0v) is 11.6. The Bertz CT molecular complexity index is 583. The molecule has 1 atom stereocenters. The highest BCUT2D eigenvalue weighted by Gasteiger charge is 2.33. The average molecular weight is 276 g/mol. The minimum atomic E-state index is -0.385. The van der Waals surface area contributed by atoms with Crippen molar-refractivity contribution in [3.8, 4) is 0 Å². The van der Waals surface area contributed by atoms with E-state index in [1.807, 2.05) is 6.92 Å². The minimum Gasteiger partial charge on any atom is -0.383 e. The molecule has 1 aromatic carbocycles. The number of hydrogen-bond acceptors (Lipinski definition) is 4. The molecule has 0 bridgehead atoms. The molecule has 1 N–H and O–H groups in total. The van der Waals surface area contributed by atoms with Crippen LogP contribution < -0.4 is 5.32 Å². The van der Waals surface area contributed by atoms with Crippen molar-refractivity contribution in [2.75, 3.05) is 20.8 Å². The molecule has 2 rings (SSSR count). The number of methoxy groups -OCH3 is 1. The first-order chi connectivity index (χ1) is 9.45. The number of rotatable bonds is 4. The van der Waals surface area contributed by atoms with Crippen LogP contribution in [0.15, 0.2) is 18.2 Å². The van der Waals surface area contributed by atoms with Crippen molar-refractivity contribution < 1.29 is 19.1 Å². The molecule has 0 fully saturated rings. The smallest absolute Gasteiger partial charge is 0.261 e. The van der Waals surface area contributed by atoms with E-state index in [4.69, 9.17) is 4.74 Å². The summed E-state index contributed by atoms with van der Waals surface area (Å²) in [4.78, 5) is 36.7. The maximum Gasteiger partial charge on any atom is 0.261 e. The van der Waals surface area contributed by atoms with Crippen molar-refractivity contribution in [2.45, 2.75) is 13.0 Å². The lowest BCUT2D eigenvalue weighted by Crippen LogP contribution is -2.35. The number of carbonyl (C=O) groups is 3. The molecule has 0 saturated heterocycles. The fourth-order valence-corrected chi connectivity index (χ4v) is 2.10. The predicted molar refractivity (Wildman–Crippen MR) is 71.7 cm³/mol. The molecule has 1 unspecified atom stereocenters. The lowest BCUT2D eigenvalue weighted by atomic mass is 10.1. The van der Waals surface area contributed by atoms with Gasteiger partial charge in [-0.05, 0) is 25.1 Å². The van der Waals surface area contributed by atoms with Crippen LogP contribution in [0.4, 0.5) is 0 Å². The van der Waals surface area contributed by atoms with Gasteiger partial charge in [0.25, 0.3) is 17.7 Å². The molecule has 20 heavy (non-hydrogen) atoms. The van der Waals surface area contributed by atoms with E-state index in [2.05, 4.69) is 5.32 Å². The van der Waals surface area contributed by atoms with Crippen LogP contribution in [0.3, 0.4) is 0 Å². The van der Waals surface area contributed by atoms with Gasteiger partial charge in [-0.3, -0.25) is 19.3 Å². The zero-order valence-electron chi connectivity index (χ0n) is 11.6. The molecule has 1 heterocycles. The molecule has 0 aliphatic carbocycles. The van der Waals surface area contributed by atoms with Gasteiger partial charge in [-0.25, -0.2) is 0 Å². The van der Waals surface area contributed by atoms with E-state index in [0.717, 1.165) is 4.90 Å². The first kappa shape index (κ1) is 14.2. The van der Waals surface area contributed by atoms with Gasteiger partial charge in [-0.2, -0.15) is 0 Å². The van der Waals surface area contributed by atoms with Crippen molar-refractivity contribution in [2.24, 2.45) is 0 Å². The van der Waals surface area contributed by atoms with Gasteiger partial charge in [0.15, 0.2) is 0 Å². The Kier molecular flexibility index (Phi) is 3.85. The Balaban J connectivity index is 2.23. The standard InChI is InChI=1S/C14H16N2O4/c1-8(7-20-3)15-12(17)9-4-5-10-11(6-9)14(19)16(2)13(10)18/h4-6,8H,7H2,1-3H3,(H,15,17). The summed E-state index contributed by atoms with van der Waals surface area (Å²) < 4.78 is 4.94. The summed E-state index contributed by atoms with van der Waals surface area (Å²) in [5, 5.41) is 2.75. The van der Waals surface area contributed by atoms with Crippen LogP contribution in [-0.2, 0) is 4.74 Å². The van der Waals surface area contributed by atoms with E-state index in [0.29, 0.717) is 17.7 Å². The molecule has 106 valence electrons. The van der Waals surface area contributed by atoms with Crippen molar-refractivity contribution in [3.05, 3.63) is 34.9 Å². The van der Waals surface area contributed by atoms with Crippen LogP contribution in [-0.4, -0.2) is 49.4 Å². The first-order valence-corrected chi connectivity index (χ1v) is 6.22. The number of ether oxygens (including phenoxy) is 1. The zero-order chi connectivity index (χ0) is 14.9. The van der Waals surface area contributed by atoms with Gasteiger partial charge in [0.05, 0.1) is 17.7 Å². The second kappa shape index (κ2) is 5.42. The maximum absolute atomic E-state index is 12.0. The summed E-state index contributed by atoms with van der Waals surface area (Å²) in [5.41, 5.74) is 0.951. The number of benzene rings is 1. The van der Waals surface area contributed by atoms with Crippen LogP contribution in [0.5, 0.6) is 0 Å². The van der Waals surface area contributed by atoms with E-state index in [9.17, 15) is 14.4 Å². The molecule has 6 heteroatoms. The Morgan fingerprint density at radius 3 is 2.60 bits per heavy atom. The summed E-state index contributed by atoms with van der Waals surface area (Å²) >= 11 is 0. The Hall–Kier alpha value is -2.21. The van der Waals surface area contributed by atoms with E-state index in [1.165, 1.54) is 25.2 Å². The SMILES string of the molecule is COCC(C)NC(=O)c1ccc2c(c1)C(=O)N(C)C2=O. The third kappa shape index (κ3) is 2.42. The maximum atomic E-state index is 12.0. The summed E-state index contributed by atoms with van der Waals surface area (Å²) in [7, 11) is 2.98. The fourth-order valence-electron chi connectivity index (χ4n) is 2.10. The summed E-state index contributed by atoms with van der Waals surface area (Å²) in [5.74, 6) is -1.03. The predicted octanol–water partition coefficient (Wildman–Crippen LogP) is 0.677. The number of carbonyl (C=O) groups excluding carboxylic acids is 3. The highest BCUT2D eigenvalue weighted by atomic mass is 16.5. The lowest BCUT2D eigenvalue weighted by molar-refractivity contribution is 0.0693. The Labute approximate surface area is 116 Å². The average Bonchev–Trinajstić information content (AvgIpc) is 2.64. The molecule has 0 spiro atoms. The van der Waals surface area contributed by atoms with E-state index in [1.54, 1.807) is 7.11 Å². The summed E-state index contributed by atoms with van der Waals surface area (Å²) in [6.07, 6.45) is 0. The highest BCUT2D eigenvalue weighted by molar-refractivity contribution is 6.21. The van der Waals surface area contributed by atoms with Crippen LogP contribution in [0.1, 0.15) is 38.0 Å². The molecule has 1 aromatic rings. The van der Waals surface area contributed by atoms with Gasteiger partial charge in [0.2, 0.25) is 0 Å². The van der Waals surface area contributed by atoms with Crippen molar-refractivity contribution in [3.63, 3.8) is 0 Å². The number of fused-ring (bicyclic) bond motifs is 1. The third-order valence-electron chi connectivity index (χ3n) is 3.15. The fraction of sp³-hybridized carbons (Fsp3) is 0.357. The number of amides is 3. The molecule has 0 radical (unpaired) electrons. The van der Waals surface area contributed by atoms with Gasteiger partial charge in [0, 0.05) is 25.8 Å². The second-order valence-electron chi connectivity index (χ2n) is 4.76. The van der Waals surface area contributed by atoms with Crippen molar-refractivity contribution in [1.29, 1.82) is 0 Å². The van der Waals surface area contributed by atoms with Gasteiger partial charge in [-0.15, -0.1) is 0 Å². The Morgan fingerprint density at radius 1 is 1.30 bits per heavy atom. The number of nitrogens with zero attached hydrogens (tertiary/aromatic N) is 1. The van der Waals surface area contributed by atoms with Gasteiger partial charge < -0.3 is 10.1 Å². The van der Waals surface area contributed by atoms with Gasteiger partial charge in [0.1, 0.15) is 0 Å². The number of hydrogen-bond donors (Lipinski definition) is 1. The molecular formula is C14H16N2O4. The topological polar surface area (TPSA) is 75.7 Å². The lowest BCUT2D eigenvalue weighted by Gasteiger charge is -2.12. The van der Waals surface area contributed by atoms with Crippen molar-refractivity contribution in [1.82, 2.24) is 10.2 Å². The second-order valence-corrected chi connectivity index (χ2v) is 4.76. The Morgan fingerprint density at radius 2 is 1.95 bits per heavy atom. The van der Waals surface area contributed by atoms with Crippen molar-refractivity contribution >= 4 is 17.7 Å². The molecule has 1 aliphatic heterocycles. The van der Waals surface area contributed by atoms with E-state index >= 15 is 0 Å². The normalized spacial score (nSPS) is 15.2. The van der Waals surface area contributed by atoms with Crippen LogP contribution in [0.2, 0.25) is 0 Å². The monoisotopic (exact) mass is 276 g/mol. The minimum absolute atomic E-state index is 0.138. The summed E-state index contributed by atoms with van der Waals surface area (Å²) in [6.45, 7) is 2.22. The molecule has 3 amide bonds. The van der Waals surface area contributed by atoms with Crippen LogP contribution >= 0.6 is 0 Å². The quantitative estimate of drug-likeness (QED) is 0.820. The van der Waals surface area contributed by atoms with E-state index < -0.39 is 0 Å². The first-order valence-electron chi connectivity index (χ1n) is 6.22. The van der Waals surface area contributed by atoms with E-state index in [-0.39, 0.29) is 29.3 Å². The molecule has 6 nitrogen and oxygen atoms in total. The van der Waals surface area contributed by atoms with Gasteiger partial charge >= 0.3 is 0 Å². The molecule has 1 aliphatic rings. The largest absolute Gasteiger partial charge is 0.383 e. The molecular weight excluding hydrogens is 260 g/mol. The van der Waals surface area contributed by atoms with Gasteiger partial charge in [-0.1, -0.05) is 0 Å².